The first-order valence-corrected chi connectivity index (χ1v) is 6.13. The van der Waals surface area contributed by atoms with Gasteiger partial charge < -0.3 is 0 Å². The van der Waals surface area contributed by atoms with E-state index in [4.69, 9.17) is 5.26 Å². The molecule has 1 N–H and O–H groups in total. The van der Waals surface area contributed by atoms with Crippen molar-refractivity contribution in [2.75, 3.05) is 0 Å². The number of Topliss-reactive ketones (excluding diaryl/α,β-unsaturated/α-hetero) is 1. The molecule has 0 bridgehead atoms. The van der Waals surface area contributed by atoms with Crippen molar-refractivity contribution in [1.29, 1.82) is 5.26 Å². The van der Waals surface area contributed by atoms with Crippen molar-refractivity contribution < 1.29 is 9.18 Å². The van der Waals surface area contributed by atoms with Crippen LogP contribution in [0.1, 0.15) is 47.6 Å². The standard InChI is InChI=1S/C14H13FN4O/c1-8(2)12-5-13(19-18-12)14(20)10(6-16)11-4-3-9(15)7-17-11/h3-5,7-8,10H,1-2H3,(H,18,19). The lowest BCUT2D eigenvalue weighted by molar-refractivity contribution is 0.0972. The summed E-state index contributed by atoms with van der Waals surface area (Å²) in [5.74, 6) is -1.85. The molecule has 0 aliphatic carbocycles. The highest BCUT2D eigenvalue weighted by Crippen LogP contribution is 2.20. The van der Waals surface area contributed by atoms with Crippen LogP contribution >= 0.6 is 0 Å². The van der Waals surface area contributed by atoms with E-state index in [-0.39, 0.29) is 17.3 Å². The Bertz CT molecular complexity index is 655. The average Bonchev–Trinajstić information content (AvgIpc) is 2.91. The minimum Gasteiger partial charge on any atom is -0.290 e. The summed E-state index contributed by atoms with van der Waals surface area (Å²) in [7, 11) is 0. The lowest BCUT2D eigenvalue weighted by Gasteiger charge is -2.05. The highest BCUT2D eigenvalue weighted by molar-refractivity contribution is 6.01. The fraction of sp³-hybridized carbons (Fsp3) is 0.286. The first-order chi connectivity index (χ1) is 9.52. The van der Waals surface area contributed by atoms with Crippen molar-refractivity contribution in [3.05, 3.63) is 47.3 Å². The van der Waals surface area contributed by atoms with E-state index in [9.17, 15) is 9.18 Å². The second-order valence-electron chi connectivity index (χ2n) is 4.69. The molecule has 20 heavy (non-hydrogen) atoms. The van der Waals surface area contributed by atoms with Crippen LogP contribution in [0.2, 0.25) is 0 Å². The fourth-order valence-electron chi connectivity index (χ4n) is 1.72. The fourth-order valence-corrected chi connectivity index (χ4v) is 1.72. The zero-order chi connectivity index (χ0) is 14.7. The van der Waals surface area contributed by atoms with E-state index < -0.39 is 17.5 Å². The van der Waals surface area contributed by atoms with Crippen molar-refractivity contribution in [1.82, 2.24) is 15.2 Å². The van der Waals surface area contributed by atoms with E-state index >= 15 is 0 Å². The molecule has 102 valence electrons. The van der Waals surface area contributed by atoms with E-state index in [1.807, 2.05) is 19.9 Å². The van der Waals surface area contributed by atoms with Gasteiger partial charge in [-0.15, -0.1) is 0 Å². The van der Waals surface area contributed by atoms with Gasteiger partial charge in [-0.2, -0.15) is 10.4 Å². The van der Waals surface area contributed by atoms with Gasteiger partial charge in [-0.05, 0) is 24.1 Å². The number of H-pyrrole nitrogens is 1. The maximum absolute atomic E-state index is 12.8. The molecule has 0 aromatic carbocycles. The lowest BCUT2D eigenvalue weighted by Crippen LogP contribution is -2.13. The van der Waals surface area contributed by atoms with Gasteiger partial charge in [0.25, 0.3) is 0 Å². The minimum atomic E-state index is -1.08. The number of ketones is 1. The number of rotatable bonds is 4. The Morgan fingerprint density at radius 1 is 1.45 bits per heavy atom. The van der Waals surface area contributed by atoms with E-state index in [0.29, 0.717) is 0 Å². The summed E-state index contributed by atoms with van der Waals surface area (Å²) in [6.07, 6.45) is 0.983. The highest BCUT2D eigenvalue weighted by Gasteiger charge is 2.25. The van der Waals surface area contributed by atoms with Crippen molar-refractivity contribution in [2.24, 2.45) is 0 Å². The van der Waals surface area contributed by atoms with Crippen molar-refractivity contribution in [3.8, 4) is 6.07 Å². The Morgan fingerprint density at radius 2 is 2.20 bits per heavy atom. The third-order valence-electron chi connectivity index (χ3n) is 2.91. The quantitative estimate of drug-likeness (QED) is 0.867. The Kier molecular flexibility index (Phi) is 3.89. The molecule has 0 amide bonds. The number of aromatic nitrogens is 3. The summed E-state index contributed by atoms with van der Waals surface area (Å²) in [5.41, 5.74) is 1.22. The second-order valence-corrected chi connectivity index (χ2v) is 4.69. The Balaban J connectivity index is 2.29. The summed E-state index contributed by atoms with van der Waals surface area (Å²) < 4.78 is 12.8. The molecular weight excluding hydrogens is 259 g/mol. The number of nitrogens with zero attached hydrogens (tertiary/aromatic N) is 3. The molecule has 5 nitrogen and oxygen atoms in total. The maximum Gasteiger partial charge on any atom is 0.206 e. The van der Waals surface area contributed by atoms with E-state index in [1.165, 1.54) is 12.1 Å². The summed E-state index contributed by atoms with van der Waals surface area (Å²) in [6, 6.07) is 6.01. The lowest BCUT2D eigenvalue weighted by atomic mass is 9.98. The van der Waals surface area contributed by atoms with E-state index in [0.717, 1.165) is 11.9 Å². The Labute approximate surface area is 115 Å². The third-order valence-corrected chi connectivity index (χ3v) is 2.91. The smallest absolute Gasteiger partial charge is 0.206 e. The van der Waals surface area contributed by atoms with Crippen LogP contribution in [0, 0.1) is 17.1 Å². The van der Waals surface area contributed by atoms with Gasteiger partial charge in [0.05, 0.1) is 18.0 Å². The summed E-state index contributed by atoms with van der Waals surface area (Å²) >= 11 is 0. The molecule has 0 aliphatic heterocycles. The van der Waals surface area contributed by atoms with E-state index in [2.05, 4.69) is 15.2 Å². The van der Waals surface area contributed by atoms with Gasteiger partial charge >= 0.3 is 0 Å². The van der Waals surface area contributed by atoms with Gasteiger partial charge in [-0.1, -0.05) is 13.8 Å². The minimum absolute atomic E-state index is 0.186. The molecular formula is C14H13FN4O. The number of pyridine rings is 1. The molecule has 0 spiro atoms. The zero-order valence-corrected chi connectivity index (χ0v) is 11.1. The van der Waals surface area contributed by atoms with Crippen LogP contribution in [0.15, 0.2) is 24.4 Å². The van der Waals surface area contributed by atoms with Crippen LogP contribution in [0.5, 0.6) is 0 Å². The zero-order valence-electron chi connectivity index (χ0n) is 11.1. The first-order valence-electron chi connectivity index (χ1n) is 6.13. The Morgan fingerprint density at radius 3 is 2.70 bits per heavy atom. The molecule has 2 aromatic rings. The molecule has 0 aliphatic rings. The van der Waals surface area contributed by atoms with Gasteiger partial charge in [0.2, 0.25) is 5.78 Å². The molecule has 1 atom stereocenters. The van der Waals surface area contributed by atoms with E-state index in [1.54, 1.807) is 6.07 Å². The molecule has 1 unspecified atom stereocenters. The number of carbonyl (C=O) groups is 1. The predicted molar refractivity (Wildman–Crippen MR) is 69.6 cm³/mol. The SMILES string of the molecule is CC(C)c1cc(C(=O)C(C#N)c2ccc(F)cn2)n[nH]1. The summed E-state index contributed by atoms with van der Waals surface area (Å²) in [5, 5.41) is 15.8. The van der Waals surface area contributed by atoms with Crippen LogP contribution in [-0.4, -0.2) is 21.0 Å². The van der Waals surface area contributed by atoms with Gasteiger partial charge in [-0.25, -0.2) is 4.39 Å². The summed E-state index contributed by atoms with van der Waals surface area (Å²) in [6.45, 7) is 3.93. The van der Waals surface area contributed by atoms with Crippen LogP contribution in [0.25, 0.3) is 0 Å². The molecule has 0 radical (unpaired) electrons. The van der Waals surface area contributed by atoms with Crippen LogP contribution in [0.3, 0.4) is 0 Å². The van der Waals surface area contributed by atoms with Crippen molar-refractivity contribution in [3.63, 3.8) is 0 Å². The van der Waals surface area contributed by atoms with Gasteiger partial charge in [0.15, 0.2) is 5.92 Å². The molecule has 2 rings (SSSR count). The van der Waals surface area contributed by atoms with Gasteiger partial charge in [0, 0.05) is 5.69 Å². The number of hydrogen-bond acceptors (Lipinski definition) is 4. The number of hydrogen-bond donors (Lipinski definition) is 1. The second kappa shape index (κ2) is 5.61. The predicted octanol–water partition coefficient (Wildman–Crippen LogP) is 2.56. The van der Waals surface area contributed by atoms with Crippen LogP contribution in [-0.2, 0) is 0 Å². The molecule has 2 aromatic heterocycles. The molecule has 6 heteroatoms. The normalized spacial score (nSPS) is 12.2. The van der Waals surface area contributed by atoms with Crippen LogP contribution < -0.4 is 0 Å². The topological polar surface area (TPSA) is 82.4 Å². The molecule has 0 saturated heterocycles. The van der Waals surface area contributed by atoms with Crippen molar-refractivity contribution >= 4 is 5.78 Å². The summed E-state index contributed by atoms with van der Waals surface area (Å²) in [4.78, 5) is 16.0. The number of aromatic amines is 1. The largest absolute Gasteiger partial charge is 0.290 e. The van der Waals surface area contributed by atoms with Crippen molar-refractivity contribution in [2.45, 2.75) is 25.7 Å². The van der Waals surface area contributed by atoms with Crippen LogP contribution in [0.4, 0.5) is 4.39 Å². The van der Waals surface area contributed by atoms with Gasteiger partial charge in [-0.3, -0.25) is 14.9 Å². The number of halogens is 1. The first kappa shape index (κ1) is 13.9. The monoisotopic (exact) mass is 272 g/mol. The molecule has 0 saturated carbocycles. The molecule has 0 fully saturated rings. The number of nitriles is 1. The van der Waals surface area contributed by atoms with Gasteiger partial charge in [0.1, 0.15) is 11.5 Å². The Hall–Kier alpha value is -2.55. The highest BCUT2D eigenvalue weighted by atomic mass is 19.1. The molecule has 2 heterocycles. The number of nitrogens with one attached hydrogen (secondary N) is 1. The maximum atomic E-state index is 12.8. The average molecular weight is 272 g/mol. The number of carbonyl (C=O) groups excluding carboxylic acids is 1. The third kappa shape index (κ3) is 2.72.